The molecule has 0 aliphatic rings. The summed E-state index contributed by atoms with van der Waals surface area (Å²) < 4.78 is 16.1. The summed E-state index contributed by atoms with van der Waals surface area (Å²) in [4.78, 5) is 29.1. The summed E-state index contributed by atoms with van der Waals surface area (Å²) >= 11 is 0. The molecule has 0 aliphatic heterocycles. The molecule has 0 saturated heterocycles. The number of aliphatic hydroxyl groups is 1. The van der Waals surface area contributed by atoms with E-state index >= 15 is 0 Å². The van der Waals surface area contributed by atoms with Crippen LogP contribution >= 0.6 is 0 Å². The smallest absolute Gasteiger partial charge is 0.408 e. The fourth-order valence-electron chi connectivity index (χ4n) is 3.05. The predicted octanol–water partition coefficient (Wildman–Crippen LogP) is 3.72. The van der Waals surface area contributed by atoms with Gasteiger partial charge in [0.25, 0.3) is 0 Å². The van der Waals surface area contributed by atoms with Gasteiger partial charge in [0.1, 0.15) is 17.4 Å². The van der Waals surface area contributed by atoms with Crippen molar-refractivity contribution in [2.24, 2.45) is 5.92 Å². The second-order valence-corrected chi connectivity index (χ2v) is 8.51. The Bertz CT molecular complexity index is 887. The van der Waals surface area contributed by atoms with Gasteiger partial charge in [-0.25, -0.2) is 9.78 Å². The van der Waals surface area contributed by atoms with Crippen LogP contribution in [0.2, 0.25) is 0 Å². The summed E-state index contributed by atoms with van der Waals surface area (Å²) in [5.74, 6) is 0.543. The molecular formula is C22H31N3O6. The van der Waals surface area contributed by atoms with E-state index in [-0.39, 0.29) is 12.5 Å². The van der Waals surface area contributed by atoms with E-state index in [1.165, 1.54) is 19.7 Å². The lowest BCUT2D eigenvalue weighted by Crippen LogP contribution is -2.46. The second kappa shape index (κ2) is 10.3. The summed E-state index contributed by atoms with van der Waals surface area (Å²) in [5, 5.41) is 15.4. The highest BCUT2D eigenvalue weighted by Crippen LogP contribution is 2.37. The molecule has 0 aliphatic carbocycles. The number of alkyl carbamates (subject to hydrolysis) is 1. The lowest BCUT2D eigenvalue weighted by Gasteiger charge is -2.24. The van der Waals surface area contributed by atoms with Crippen molar-refractivity contribution in [2.45, 2.75) is 59.3 Å². The van der Waals surface area contributed by atoms with Gasteiger partial charge in [-0.05, 0) is 45.2 Å². The minimum atomic E-state index is -0.818. The van der Waals surface area contributed by atoms with Crippen molar-refractivity contribution in [1.29, 1.82) is 0 Å². The number of ether oxygens (including phenoxy) is 2. The van der Waals surface area contributed by atoms with Gasteiger partial charge in [-0.1, -0.05) is 13.8 Å². The molecule has 1 aromatic carbocycles. The minimum absolute atomic E-state index is 0.145. The number of hydrogen-bond donors (Lipinski definition) is 3. The Hall–Kier alpha value is -3.07. The third kappa shape index (κ3) is 6.71. The normalized spacial score (nSPS) is 12.4. The highest BCUT2D eigenvalue weighted by atomic mass is 16.6. The molecule has 31 heavy (non-hydrogen) atoms. The van der Waals surface area contributed by atoms with E-state index in [9.17, 15) is 14.7 Å². The molecule has 0 spiro atoms. The van der Waals surface area contributed by atoms with Crippen LogP contribution in [-0.4, -0.2) is 40.8 Å². The minimum Gasteiger partial charge on any atom is -0.496 e. The Morgan fingerprint density at radius 2 is 1.97 bits per heavy atom. The van der Waals surface area contributed by atoms with Crippen LogP contribution in [-0.2, 0) is 16.1 Å². The number of carbonyl (C=O) groups excluding carboxylic acids is 2. The molecule has 0 saturated carbocycles. The number of methoxy groups -OCH3 is 1. The maximum Gasteiger partial charge on any atom is 0.408 e. The monoisotopic (exact) mass is 433 g/mol. The van der Waals surface area contributed by atoms with E-state index in [0.29, 0.717) is 34.7 Å². The number of nitrogens with one attached hydrogen (secondary N) is 2. The van der Waals surface area contributed by atoms with Crippen LogP contribution in [0.1, 0.15) is 46.6 Å². The zero-order valence-corrected chi connectivity index (χ0v) is 18.8. The first-order valence-electron chi connectivity index (χ1n) is 10.1. The first kappa shape index (κ1) is 24.2. The Morgan fingerprint density at radius 1 is 1.26 bits per heavy atom. The molecule has 1 heterocycles. The van der Waals surface area contributed by atoms with Crippen molar-refractivity contribution in [3.8, 4) is 17.1 Å². The molecule has 2 aromatic rings. The van der Waals surface area contributed by atoms with Crippen molar-refractivity contribution in [1.82, 2.24) is 10.3 Å². The number of aromatic nitrogens is 1. The fraction of sp³-hybridized carbons (Fsp3) is 0.500. The molecule has 3 N–H and O–H groups in total. The molecule has 0 radical (unpaired) electrons. The van der Waals surface area contributed by atoms with Gasteiger partial charge >= 0.3 is 6.09 Å². The van der Waals surface area contributed by atoms with E-state index in [1.807, 2.05) is 13.8 Å². The predicted molar refractivity (Wildman–Crippen MR) is 116 cm³/mol. The van der Waals surface area contributed by atoms with Gasteiger partial charge < -0.3 is 29.6 Å². The van der Waals surface area contributed by atoms with Gasteiger partial charge in [0.15, 0.2) is 12.2 Å². The number of nitrogens with zero attached hydrogens (tertiary/aromatic N) is 1. The summed E-state index contributed by atoms with van der Waals surface area (Å²) in [6.45, 7) is 8.77. The van der Waals surface area contributed by atoms with Gasteiger partial charge in [-0.15, -0.1) is 0 Å². The zero-order chi connectivity index (χ0) is 23.2. The Balaban J connectivity index is 2.29. The van der Waals surface area contributed by atoms with Crippen molar-refractivity contribution >= 4 is 17.7 Å². The number of carbonyl (C=O) groups is 2. The molecule has 0 fully saturated rings. The first-order chi connectivity index (χ1) is 14.6. The quantitative estimate of drug-likeness (QED) is 0.580. The summed E-state index contributed by atoms with van der Waals surface area (Å²) in [7, 11) is 1.46. The SMILES string of the molecule is COc1c(-c2cnco2)ccc(NC(=O)C(CC(C)C)NC(=O)OC(C)(C)C)c1CO. The molecule has 9 heteroatoms. The van der Waals surface area contributed by atoms with E-state index in [0.717, 1.165) is 0 Å². The summed E-state index contributed by atoms with van der Waals surface area (Å²) in [5.41, 5.74) is 0.655. The molecular weight excluding hydrogens is 402 g/mol. The Labute approximate surface area is 182 Å². The topological polar surface area (TPSA) is 123 Å². The molecule has 9 nitrogen and oxygen atoms in total. The van der Waals surface area contributed by atoms with Gasteiger partial charge in [0.05, 0.1) is 31.2 Å². The van der Waals surface area contributed by atoms with Crippen LogP contribution in [0.25, 0.3) is 11.3 Å². The second-order valence-electron chi connectivity index (χ2n) is 8.51. The average molecular weight is 434 g/mol. The van der Waals surface area contributed by atoms with Crippen molar-refractivity contribution in [3.63, 3.8) is 0 Å². The lowest BCUT2D eigenvalue weighted by atomic mass is 10.0. The van der Waals surface area contributed by atoms with Crippen LogP contribution in [0, 0.1) is 5.92 Å². The highest BCUT2D eigenvalue weighted by molar-refractivity contribution is 5.98. The number of benzene rings is 1. The molecule has 1 unspecified atom stereocenters. The van der Waals surface area contributed by atoms with Crippen molar-refractivity contribution in [3.05, 3.63) is 30.3 Å². The molecule has 1 aromatic heterocycles. The van der Waals surface area contributed by atoms with Crippen LogP contribution in [0.5, 0.6) is 5.75 Å². The maximum absolute atomic E-state index is 13.0. The number of anilines is 1. The standard InChI is InChI=1S/C22H31N3O6/c1-13(2)9-17(25-21(28)31-22(3,4)5)20(27)24-16-8-7-14(18-10-23-12-30-18)19(29-6)15(16)11-26/h7-8,10,12-13,17,26H,9,11H2,1-6H3,(H,24,27)(H,25,28). The van der Waals surface area contributed by atoms with Gasteiger partial charge in [0.2, 0.25) is 5.91 Å². The molecule has 2 amide bonds. The summed E-state index contributed by atoms with van der Waals surface area (Å²) in [6, 6.07) is 2.53. The number of amides is 2. The van der Waals surface area contributed by atoms with E-state index in [2.05, 4.69) is 15.6 Å². The first-order valence-corrected chi connectivity index (χ1v) is 10.1. The molecule has 2 rings (SSSR count). The van der Waals surface area contributed by atoms with Gasteiger partial charge in [-0.2, -0.15) is 0 Å². The molecule has 1 atom stereocenters. The third-order valence-electron chi connectivity index (χ3n) is 4.29. The van der Waals surface area contributed by atoms with Crippen LogP contribution < -0.4 is 15.4 Å². The number of aliphatic hydroxyl groups excluding tert-OH is 1. The maximum atomic E-state index is 13.0. The van der Waals surface area contributed by atoms with Crippen LogP contribution in [0.15, 0.2) is 29.1 Å². The summed E-state index contributed by atoms with van der Waals surface area (Å²) in [6.07, 6.45) is 2.56. The van der Waals surface area contributed by atoms with Crippen LogP contribution in [0.4, 0.5) is 10.5 Å². The number of hydrogen-bond acceptors (Lipinski definition) is 7. The molecule has 170 valence electrons. The van der Waals surface area contributed by atoms with Gasteiger partial charge in [0, 0.05) is 5.56 Å². The van der Waals surface area contributed by atoms with E-state index < -0.39 is 23.6 Å². The average Bonchev–Trinajstić information content (AvgIpc) is 3.19. The van der Waals surface area contributed by atoms with Crippen molar-refractivity contribution in [2.75, 3.05) is 12.4 Å². The van der Waals surface area contributed by atoms with E-state index in [4.69, 9.17) is 13.9 Å². The Kier molecular flexibility index (Phi) is 8.04. The Morgan fingerprint density at radius 3 is 2.48 bits per heavy atom. The molecule has 0 bridgehead atoms. The third-order valence-corrected chi connectivity index (χ3v) is 4.29. The number of rotatable bonds is 8. The number of oxazole rings is 1. The fourth-order valence-corrected chi connectivity index (χ4v) is 3.05. The van der Waals surface area contributed by atoms with Gasteiger partial charge in [-0.3, -0.25) is 4.79 Å². The van der Waals surface area contributed by atoms with Crippen LogP contribution in [0.3, 0.4) is 0 Å². The highest BCUT2D eigenvalue weighted by Gasteiger charge is 2.26. The van der Waals surface area contributed by atoms with Crippen molar-refractivity contribution < 1.29 is 28.6 Å². The zero-order valence-electron chi connectivity index (χ0n) is 18.8. The lowest BCUT2D eigenvalue weighted by molar-refractivity contribution is -0.118. The largest absolute Gasteiger partial charge is 0.496 e. The van der Waals surface area contributed by atoms with E-state index in [1.54, 1.807) is 32.9 Å².